The van der Waals surface area contributed by atoms with Gasteiger partial charge in [-0.1, -0.05) is 13.0 Å². The lowest BCUT2D eigenvalue weighted by atomic mass is 10.0. The van der Waals surface area contributed by atoms with Gasteiger partial charge in [-0.25, -0.2) is 0 Å². The zero-order chi connectivity index (χ0) is 12.7. The minimum absolute atomic E-state index is 0.0690. The van der Waals surface area contributed by atoms with Crippen LogP contribution in [-0.4, -0.2) is 12.9 Å². The monoisotopic (exact) mass is 246 g/mol. The minimum atomic E-state index is 0.0690. The van der Waals surface area contributed by atoms with Gasteiger partial charge >= 0.3 is 0 Å². The Morgan fingerprint density at radius 3 is 2.67 bits per heavy atom. The van der Waals surface area contributed by atoms with E-state index in [-0.39, 0.29) is 12.2 Å². The van der Waals surface area contributed by atoms with E-state index in [9.17, 15) is 0 Å². The lowest BCUT2D eigenvalue weighted by Gasteiger charge is -2.20. The Balaban J connectivity index is 2.01. The van der Waals surface area contributed by atoms with Gasteiger partial charge in [0.2, 0.25) is 6.79 Å². The Hall–Kier alpha value is -1.48. The van der Waals surface area contributed by atoms with Crippen LogP contribution in [0.3, 0.4) is 0 Å². The van der Waals surface area contributed by atoms with E-state index in [2.05, 4.69) is 39.0 Å². The summed E-state index contributed by atoms with van der Waals surface area (Å²) in [4.78, 5) is 0. The van der Waals surface area contributed by atoms with Gasteiger partial charge in [-0.2, -0.15) is 0 Å². The molecule has 0 N–H and O–H groups in total. The van der Waals surface area contributed by atoms with Crippen molar-refractivity contribution in [1.82, 2.24) is 0 Å². The fourth-order valence-electron chi connectivity index (χ4n) is 2.52. The van der Waals surface area contributed by atoms with E-state index in [4.69, 9.17) is 14.2 Å². The second-order valence-electron chi connectivity index (χ2n) is 4.97. The van der Waals surface area contributed by atoms with Crippen molar-refractivity contribution in [2.75, 3.05) is 6.79 Å². The largest absolute Gasteiger partial charge is 0.454 e. The highest BCUT2D eigenvalue weighted by Gasteiger charge is 2.29. The number of ether oxygens (including phenoxy) is 3. The lowest BCUT2D eigenvalue weighted by molar-refractivity contribution is 0.0286. The molecule has 0 bridgehead atoms. The van der Waals surface area contributed by atoms with Crippen LogP contribution in [0.4, 0.5) is 0 Å². The molecule has 0 amide bonds. The van der Waals surface area contributed by atoms with Crippen molar-refractivity contribution < 1.29 is 14.2 Å². The molecule has 0 aromatic heterocycles. The molecule has 3 nitrogen and oxygen atoms in total. The van der Waals surface area contributed by atoms with Crippen LogP contribution in [0.5, 0.6) is 11.5 Å². The van der Waals surface area contributed by atoms with Crippen molar-refractivity contribution >= 4 is 6.08 Å². The smallest absolute Gasteiger partial charge is 0.231 e. The van der Waals surface area contributed by atoms with Crippen molar-refractivity contribution in [2.45, 2.75) is 39.4 Å². The van der Waals surface area contributed by atoms with Gasteiger partial charge in [-0.3, -0.25) is 0 Å². The molecule has 0 radical (unpaired) electrons. The second kappa shape index (κ2) is 4.32. The van der Waals surface area contributed by atoms with Crippen molar-refractivity contribution in [3.8, 4) is 11.5 Å². The highest BCUT2D eigenvalue weighted by atomic mass is 16.7. The third-order valence-corrected chi connectivity index (χ3v) is 3.35. The molecule has 0 fully saturated rings. The summed E-state index contributed by atoms with van der Waals surface area (Å²) in [5.74, 6) is 1.67. The SMILES string of the molecule is CCC1=Cc2cc3c(cc2C1OC(C)C)OCO3. The fourth-order valence-corrected chi connectivity index (χ4v) is 2.52. The summed E-state index contributed by atoms with van der Waals surface area (Å²) in [6.45, 7) is 6.61. The van der Waals surface area contributed by atoms with Crippen LogP contribution < -0.4 is 9.47 Å². The third-order valence-electron chi connectivity index (χ3n) is 3.35. The number of hydrogen-bond donors (Lipinski definition) is 0. The van der Waals surface area contributed by atoms with Gasteiger partial charge < -0.3 is 14.2 Å². The highest BCUT2D eigenvalue weighted by molar-refractivity contribution is 5.69. The van der Waals surface area contributed by atoms with Crippen LogP contribution in [0, 0.1) is 0 Å². The predicted octanol–water partition coefficient (Wildman–Crippen LogP) is 3.69. The summed E-state index contributed by atoms with van der Waals surface area (Å²) in [5, 5.41) is 0. The molecular formula is C15H18O3. The first kappa shape index (κ1) is 11.6. The van der Waals surface area contributed by atoms with E-state index >= 15 is 0 Å². The molecule has 3 rings (SSSR count). The maximum absolute atomic E-state index is 6.04. The van der Waals surface area contributed by atoms with Gasteiger partial charge in [0.25, 0.3) is 0 Å². The Morgan fingerprint density at radius 2 is 2.00 bits per heavy atom. The molecule has 1 aromatic carbocycles. The molecule has 1 aliphatic heterocycles. The quantitative estimate of drug-likeness (QED) is 0.814. The molecule has 0 saturated carbocycles. The van der Waals surface area contributed by atoms with Crippen LogP contribution in [0.1, 0.15) is 44.4 Å². The number of rotatable bonds is 3. The Kier molecular flexibility index (Phi) is 2.78. The first-order valence-corrected chi connectivity index (χ1v) is 6.48. The topological polar surface area (TPSA) is 27.7 Å². The maximum atomic E-state index is 6.04. The standard InChI is InChI=1S/C15H18O3/c1-4-10-5-11-6-13-14(17-8-16-13)7-12(11)15(10)18-9(2)3/h5-7,9,15H,4,8H2,1-3H3. The van der Waals surface area contributed by atoms with E-state index in [1.165, 1.54) is 16.7 Å². The van der Waals surface area contributed by atoms with Gasteiger partial charge in [0.05, 0.1) is 6.10 Å². The van der Waals surface area contributed by atoms with Crippen molar-refractivity contribution in [3.63, 3.8) is 0 Å². The van der Waals surface area contributed by atoms with E-state index in [0.29, 0.717) is 6.79 Å². The van der Waals surface area contributed by atoms with E-state index < -0.39 is 0 Å². The normalized spacial score (nSPS) is 20.2. The zero-order valence-electron chi connectivity index (χ0n) is 11.0. The molecule has 0 spiro atoms. The Bertz CT molecular complexity index is 503. The fraction of sp³-hybridized carbons (Fsp3) is 0.467. The number of benzene rings is 1. The van der Waals surface area contributed by atoms with Gasteiger partial charge in [0.15, 0.2) is 11.5 Å². The van der Waals surface area contributed by atoms with Crippen LogP contribution in [-0.2, 0) is 4.74 Å². The van der Waals surface area contributed by atoms with Crippen LogP contribution in [0.2, 0.25) is 0 Å². The molecule has 0 saturated heterocycles. The molecule has 3 heteroatoms. The molecule has 1 aromatic rings. The van der Waals surface area contributed by atoms with Gasteiger partial charge in [0, 0.05) is 0 Å². The summed E-state index contributed by atoms with van der Waals surface area (Å²) < 4.78 is 16.9. The van der Waals surface area contributed by atoms with Crippen LogP contribution in [0.15, 0.2) is 17.7 Å². The van der Waals surface area contributed by atoms with Crippen LogP contribution >= 0.6 is 0 Å². The second-order valence-corrected chi connectivity index (χ2v) is 4.97. The first-order chi connectivity index (χ1) is 8.69. The van der Waals surface area contributed by atoms with Gasteiger partial charge in [-0.05, 0) is 49.1 Å². The number of hydrogen-bond acceptors (Lipinski definition) is 3. The lowest BCUT2D eigenvalue weighted by Crippen LogP contribution is -2.10. The third kappa shape index (κ3) is 1.79. The average molecular weight is 246 g/mol. The first-order valence-electron chi connectivity index (χ1n) is 6.48. The van der Waals surface area contributed by atoms with Crippen molar-refractivity contribution in [3.05, 3.63) is 28.8 Å². The average Bonchev–Trinajstić information content (AvgIpc) is 2.90. The van der Waals surface area contributed by atoms with E-state index in [1.54, 1.807) is 0 Å². The zero-order valence-corrected chi connectivity index (χ0v) is 11.0. The summed E-state index contributed by atoms with van der Waals surface area (Å²) in [6, 6.07) is 4.11. The molecule has 1 heterocycles. The van der Waals surface area contributed by atoms with Crippen LogP contribution in [0.25, 0.3) is 6.08 Å². The molecule has 1 aliphatic carbocycles. The van der Waals surface area contributed by atoms with Crippen molar-refractivity contribution in [1.29, 1.82) is 0 Å². The highest BCUT2D eigenvalue weighted by Crippen LogP contribution is 2.45. The molecule has 1 atom stereocenters. The molecular weight excluding hydrogens is 228 g/mol. The molecule has 96 valence electrons. The maximum Gasteiger partial charge on any atom is 0.231 e. The predicted molar refractivity (Wildman–Crippen MR) is 69.8 cm³/mol. The summed E-state index contributed by atoms with van der Waals surface area (Å²) >= 11 is 0. The summed E-state index contributed by atoms with van der Waals surface area (Å²) in [5.41, 5.74) is 3.72. The van der Waals surface area contributed by atoms with E-state index in [1.807, 2.05) is 0 Å². The summed E-state index contributed by atoms with van der Waals surface area (Å²) in [6.07, 6.45) is 3.49. The molecule has 1 unspecified atom stereocenters. The minimum Gasteiger partial charge on any atom is -0.454 e. The van der Waals surface area contributed by atoms with Gasteiger partial charge in [-0.15, -0.1) is 0 Å². The molecule has 2 aliphatic rings. The Labute approximate surface area is 107 Å². The van der Waals surface area contributed by atoms with E-state index in [0.717, 1.165) is 17.9 Å². The Morgan fingerprint density at radius 1 is 1.28 bits per heavy atom. The van der Waals surface area contributed by atoms with Crippen molar-refractivity contribution in [2.24, 2.45) is 0 Å². The number of fused-ring (bicyclic) bond motifs is 2. The van der Waals surface area contributed by atoms with Gasteiger partial charge in [0.1, 0.15) is 6.10 Å². The molecule has 18 heavy (non-hydrogen) atoms. The summed E-state index contributed by atoms with van der Waals surface area (Å²) in [7, 11) is 0.